The first-order valence-corrected chi connectivity index (χ1v) is 11.0. The van der Waals surface area contributed by atoms with E-state index in [4.69, 9.17) is 0 Å². The van der Waals surface area contributed by atoms with E-state index in [1.807, 2.05) is 61.9 Å². The summed E-state index contributed by atoms with van der Waals surface area (Å²) in [6, 6.07) is 9.57. The Balaban J connectivity index is 0.00000450. The van der Waals surface area contributed by atoms with Crippen LogP contribution in [-0.4, -0.2) is 36.1 Å². The quantitative estimate of drug-likeness (QED) is 0.220. The third-order valence-electron chi connectivity index (χ3n) is 4.71. The maximum Gasteiger partial charge on any atom is 0.251 e. The average molecular weight is 545 g/mol. The monoisotopic (exact) mass is 544 g/mol. The number of rotatable bonds is 9. The molecule has 1 amide bonds. The molecule has 0 radical (unpaired) electrons. The summed E-state index contributed by atoms with van der Waals surface area (Å²) in [5.74, 6) is 0.585. The van der Waals surface area contributed by atoms with Crippen molar-refractivity contribution in [3.8, 4) is 0 Å². The summed E-state index contributed by atoms with van der Waals surface area (Å²) in [6.07, 6.45) is 0.901. The van der Waals surface area contributed by atoms with Crippen LogP contribution in [0, 0.1) is 0 Å². The van der Waals surface area contributed by atoms with Gasteiger partial charge in [0, 0.05) is 18.2 Å². The highest BCUT2D eigenvalue weighted by Gasteiger charge is 2.23. The zero-order valence-corrected chi connectivity index (χ0v) is 21.2. The van der Waals surface area contributed by atoms with Gasteiger partial charge < -0.3 is 21.1 Å². The van der Waals surface area contributed by atoms with Crippen molar-refractivity contribution in [2.75, 3.05) is 13.1 Å². The van der Waals surface area contributed by atoms with Gasteiger partial charge in [0.1, 0.15) is 5.60 Å². The third kappa shape index (κ3) is 8.23. The van der Waals surface area contributed by atoms with Gasteiger partial charge in [-0.15, -0.1) is 24.0 Å². The Labute approximate surface area is 200 Å². The van der Waals surface area contributed by atoms with Gasteiger partial charge in [-0.3, -0.25) is 4.79 Å². The zero-order valence-electron chi connectivity index (χ0n) is 18.1. The number of thiophene rings is 1. The van der Waals surface area contributed by atoms with E-state index >= 15 is 0 Å². The van der Waals surface area contributed by atoms with Crippen molar-refractivity contribution in [3.63, 3.8) is 0 Å². The van der Waals surface area contributed by atoms with Crippen LogP contribution in [0.5, 0.6) is 0 Å². The lowest BCUT2D eigenvalue weighted by Crippen LogP contribution is -2.44. The number of aliphatic imine (C=N–C) groups is 1. The number of hydrogen-bond donors (Lipinski definition) is 4. The second-order valence-corrected chi connectivity index (χ2v) is 8.09. The fraction of sp³-hybridized carbons (Fsp3) is 0.455. The molecule has 0 saturated carbocycles. The van der Waals surface area contributed by atoms with E-state index in [-0.39, 0.29) is 35.9 Å². The SMILES string of the molecule is CCNC(=NCc1ccc(C(=O)NC(C)CC)cc1)NCC(C)(O)c1ccsc1.I. The maximum absolute atomic E-state index is 12.2. The van der Waals surface area contributed by atoms with E-state index in [9.17, 15) is 9.90 Å². The topological polar surface area (TPSA) is 85.8 Å². The number of benzene rings is 1. The summed E-state index contributed by atoms with van der Waals surface area (Å²) in [5, 5.41) is 23.9. The summed E-state index contributed by atoms with van der Waals surface area (Å²) < 4.78 is 0. The van der Waals surface area contributed by atoms with Gasteiger partial charge in [-0.25, -0.2) is 4.99 Å². The smallest absolute Gasteiger partial charge is 0.251 e. The van der Waals surface area contributed by atoms with Gasteiger partial charge in [-0.1, -0.05) is 19.1 Å². The molecule has 0 saturated heterocycles. The number of guanidine groups is 1. The van der Waals surface area contributed by atoms with Crippen LogP contribution in [0.3, 0.4) is 0 Å². The third-order valence-corrected chi connectivity index (χ3v) is 5.40. The standard InChI is InChI=1S/C22H32N4O2S.HI/c1-5-16(3)26-20(27)18-9-7-17(8-10-18)13-24-21(23-6-2)25-15-22(4,28)19-11-12-29-14-19;/h7-12,14,16,28H,5-6,13,15H2,1-4H3,(H,26,27)(H2,23,24,25);1H. The molecule has 2 atom stereocenters. The van der Waals surface area contributed by atoms with Crippen molar-refractivity contribution in [2.45, 2.75) is 52.3 Å². The van der Waals surface area contributed by atoms with E-state index < -0.39 is 5.60 Å². The van der Waals surface area contributed by atoms with Crippen molar-refractivity contribution in [1.29, 1.82) is 0 Å². The molecular formula is C22H33IN4O2S. The molecule has 1 aromatic heterocycles. The first-order valence-electron chi connectivity index (χ1n) is 10.0. The van der Waals surface area contributed by atoms with E-state index in [2.05, 4.69) is 20.9 Å². The Morgan fingerprint density at radius 2 is 1.90 bits per heavy atom. The maximum atomic E-state index is 12.2. The Hall–Kier alpha value is -1.65. The zero-order chi connectivity index (χ0) is 21.3. The molecule has 2 rings (SSSR count). The highest BCUT2D eigenvalue weighted by molar-refractivity contribution is 14.0. The Morgan fingerprint density at radius 1 is 1.20 bits per heavy atom. The number of aliphatic hydroxyl groups is 1. The van der Waals surface area contributed by atoms with Crippen molar-refractivity contribution >= 4 is 47.2 Å². The molecule has 1 heterocycles. The first kappa shape index (κ1) is 26.4. The van der Waals surface area contributed by atoms with Crippen molar-refractivity contribution < 1.29 is 9.90 Å². The number of hydrogen-bond acceptors (Lipinski definition) is 4. The molecule has 0 fully saturated rings. The number of halogens is 1. The lowest BCUT2D eigenvalue weighted by Gasteiger charge is -2.24. The Morgan fingerprint density at radius 3 is 2.47 bits per heavy atom. The molecule has 4 N–H and O–H groups in total. The van der Waals surface area contributed by atoms with Crippen molar-refractivity contribution in [2.24, 2.45) is 4.99 Å². The van der Waals surface area contributed by atoms with Gasteiger partial charge in [0.2, 0.25) is 0 Å². The minimum absolute atomic E-state index is 0. The average Bonchev–Trinajstić information content (AvgIpc) is 3.26. The van der Waals surface area contributed by atoms with Crippen LogP contribution >= 0.6 is 35.3 Å². The van der Waals surface area contributed by atoms with E-state index in [0.29, 0.717) is 24.6 Å². The summed E-state index contributed by atoms with van der Waals surface area (Å²) in [4.78, 5) is 16.8. The predicted molar refractivity (Wildman–Crippen MR) is 136 cm³/mol. The van der Waals surface area contributed by atoms with Crippen LogP contribution in [0.1, 0.15) is 55.6 Å². The van der Waals surface area contributed by atoms with E-state index in [0.717, 1.165) is 24.1 Å². The van der Waals surface area contributed by atoms with Crippen LogP contribution in [0.4, 0.5) is 0 Å². The number of carbonyl (C=O) groups is 1. The van der Waals surface area contributed by atoms with E-state index in [1.54, 1.807) is 18.3 Å². The normalized spacial score (nSPS) is 14.2. The van der Waals surface area contributed by atoms with Gasteiger partial charge in [-0.05, 0) is 67.3 Å². The fourth-order valence-electron chi connectivity index (χ4n) is 2.61. The Kier molecular flexibility index (Phi) is 11.4. The molecule has 6 nitrogen and oxygen atoms in total. The summed E-state index contributed by atoms with van der Waals surface area (Å²) in [6.45, 7) is 9.37. The van der Waals surface area contributed by atoms with Crippen LogP contribution in [0.25, 0.3) is 0 Å². The summed E-state index contributed by atoms with van der Waals surface area (Å²) in [5.41, 5.74) is 1.57. The predicted octanol–water partition coefficient (Wildman–Crippen LogP) is 3.86. The van der Waals surface area contributed by atoms with Crippen LogP contribution < -0.4 is 16.0 Å². The number of nitrogens with zero attached hydrogens (tertiary/aromatic N) is 1. The second-order valence-electron chi connectivity index (χ2n) is 7.31. The fourth-order valence-corrected chi connectivity index (χ4v) is 3.39. The molecule has 166 valence electrons. The molecular weight excluding hydrogens is 511 g/mol. The molecule has 0 spiro atoms. The summed E-state index contributed by atoms with van der Waals surface area (Å²) in [7, 11) is 0. The van der Waals surface area contributed by atoms with Crippen LogP contribution in [0.15, 0.2) is 46.1 Å². The van der Waals surface area contributed by atoms with E-state index in [1.165, 1.54) is 0 Å². The highest BCUT2D eigenvalue weighted by atomic mass is 127. The van der Waals surface area contributed by atoms with Gasteiger partial charge in [0.25, 0.3) is 5.91 Å². The molecule has 0 bridgehead atoms. The molecule has 0 aliphatic carbocycles. The van der Waals surface area contributed by atoms with Gasteiger partial charge in [0.05, 0.1) is 13.1 Å². The van der Waals surface area contributed by atoms with Crippen molar-refractivity contribution in [1.82, 2.24) is 16.0 Å². The van der Waals surface area contributed by atoms with Gasteiger partial charge in [0.15, 0.2) is 5.96 Å². The van der Waals surface area contributed by atoms with Gasteiger partial charge >= 0.3 is 0 Å². The molecule has 2 unspecified atom stereocenters. The summed E-state index contributed by atoms with van der Waals surface area (Å²) >= 11 is 1.56. The number of nitrogens with one attached hydrogen (secondary N) is 3. The minimum Gasteiger partial charge on any atom is -0.384 e. The first-order chi connectivity index (χ1) is 13.9. The van der Waals surface area contributed by atoms with Gasteiger partial charge in [-0.2, -0.15) is 11.3 Å². The lowest BCUT2D eigenvalue weighted by atomic mass is 9.99. The lowest BCUT2D eigenvalue weighted by molar-refractivity contribution is 0.0621. The second kappa shape index (κ2) is 12.9. The molecule has 30 heavy (non-hydrogen) atoms. The minimum atomic E-state index is -0.971. The van der Waals surface area contributed by atoms with Crippen molar-refractivity contribution in [3.05, 3.63) is 57.8 Å². The number of amides is 1. The molecule has 1 aromatic carbocycles. The number of carbonyl (C=O) groups excluding carboxylic acids is 1. The van der Waals surface area contributed by atoms with Crippen LogP contribution in [0.2, 0.25) is 0 Å². The Bertz CT molecular complexity index is 792. The highest BCUT2D eigenvalue weighted by Crippen LogP contribution is 2.21. The molecule has 2 aromatic rings. The largest absolute Gasteiger partial charge is 0.384 e. The van der Waals surface area contributed by atoms with Crippen LogP contribution in [-0.2, 0) is 12.1 Å². The molecule has 0 aliphatic rings. The molecule has 0 aliphatic heterocycles. The molecule has 8 heteroatoms.